The Morgan fingerprint density at radius 3 is 2.62 bits per heavy atom. The van der Waals surface area contributed by atoms with E-state index in [1.54, 1.807) is 0 Å². The summed E-state index contributed by atoms with van der Waals surface area (Å²) in [6, 6.07) is 1.48. The number of pyridine rings is 1. The Labute approximate surface area is 101 Å². The topological polar surface area (TPSA) is 24.9 Å². The number of halogens is 2. The molecule has 0 spiro atoms. The normalized spacial score (nSPS) is 12.9. The molecular formula is C12H18ClFN2. The van der Waals surface area contributed by atoms with Gasteiger partial charge in [0, 0.05) is 12.2 Å². The third-order valence-electron chi connectivity index (χ3n) is 2.37. The van der Waals surface area contributed by atoms with Gasteiger partial charge in [-0.3, -0.25) is 0 Å². The number of aromatic nitrogens is 1. The van der Waals surface area contributed by atoms with Gasteiger partial charge in [-0.1, -0.05) is 25.4 Å². The summed E-state index contributed by atoms with van der Waals surface area (Å²) >= 11 is 5.63. The van der Waals surface area contributed by atoms with Crippen LogP contribution in [-0.4, -0.2) is 11.0 Å². The lowest BCUT2D eigenvalue weighted by Gasteiger charge is -2.15. The summed E-state index contributed by atoms with van der Waals surface area (Å²) < 4.78 is 13.4. The quantitative estimate of drug-likeness (QED) is 0.843. The molecule has 0 fully saturated rings. The van der Waals surface area contributed by atoms with Crippen LogP contribution in [0.25, 0.3) is 0 Å². The zero-order valence-corrected chi connectivity index (χ0v) is 10.7. The lowest BCUT2D eigenvalue weighted by molar-refractivity contribution is 0.524. The first-order chi connectivity index (χ1) is 7.49. The maximum atomic E-state index is 13.4. The Hall–Kier alpha value is -0.830. The molecule has 90 valence electrons. The Morgan fingerprint density at radius 1 is 1.38 bits per heavy atom. The molecular weight excluding hydrogens is 227 g/mol. The van der Waals surface area contributed by atoms with Gasteiger partial charge in [-0.15, -0.1) is 0 Å². The molecule has 0 bridgehead atoms. The third-order valence-corrected chi connectivity index (χ3v) is 2.57. The minimum Gasteiger partial charge on any atom is -0.365 e. The van der Waals surface area contributed by atoms with Crippen LogP contribution < -0.4 is 5.32 Å². The van der Waals surface area contributed by atoms with Crippen LogP contribution in [-0.2, 0) is 0 Å². The van der Waals surface area contributed by atoms with E-state index in [1.807, 2.05) is 6.92 Å². The molecule has 0 saturated heterocycles. The Bertz CT molecular complexity index is 342. The van der Waals surface area contributed by atoms with Crippen LogP contribution in [0.2, 0.25) is 5.02 Å². The van der Waals surface area contributed by atoms with Gasteiger partial charge in [0.2, 0.25) is 0 Å². The van der Waals surface area contributed by atoms with Gasteiger partial charge in [0.15, 0.2) is 11.6 Å². The zero-order chi connectivity index (χ0) is 12.1. The average Bonchev–Trinajstić information content (AvgIpc) is 2.19. The van der Waals surface area contributed by atoms with Gasteiger partial charge in [-0.25, -0.2) is 9.37 Å². The van der Waals surface area contributed by atoms with Crippen molar-refractivity contribution >= 4 is 17.4 Å². The maximum absolute atomic E-state index is 13.4. The van der Waals surface area contributed by atoms with Crippen molar-refractivity contribution in [2.24, 2.45) is 5.92 Å². The number of hydrogen-bond donors (Lipinski definition) is 1. The van der Waals surface area contributed by atoms with E-state index >= 15 is 0 Å². The van der Waals surface area contributed by atoms with Crippen LogP contribution in [0, 0.1) is 11.7 Å². The fourth-order valence-corrected chi connectivity index (χ4v) is 1.55. The van der Waals surface area contributed by atoms with E-state index in [2.05, 4.69) is 24.1 Å². The molecule has 4 heteroatoms. The van der Waals surface area contributed by atoms with Crippen LogP contribution >= 0.6 is 11.6 Å². The van der Waals surface area contributed by atoms with E-state index in [1.165, 1.54) is 12.3 Å². The maximum Gasteiger partial charge on any atom is 0.166 e. The smallest absolute Gasteiger partial charge is 0.166 e. The highest BCUT2D eigenvalue weighted by Gasteiger charge is 2.08. The molecule has 0 aliphatic carbocycles. The zero-order valence-electron chi connectivity index (χ0n) is 9.93. The largest absolute Gasteiger partial charge is 0.365 e. The van der Waals surface area contributed by atoms with Crippen LogP contribution in [0.15, 0.2) is 12.3 Å². The van der Waals surface area contributed by atoms with Gasteiger partial charge >= 0.3 is 0 Å². The van der Waals surface area contributed by atoms with E-state index in [4.69, 9.17) is 11.6 Å². The molecule has 0 amide bonds. The van der Waals surface area contributed by atoms with E-state index in [0.717, 1.165) is 12.8 Å². The predicted molar refractivity (Wildman–Crippen MR) is 66.4 cm³/mol. The number of rotatable bonds is 5. The van der Waals surface area contributed by atoms with Gasteiger partial charge in [0.1, 0.15) is 0 Å². The number of nitrogens with zero attached hydrogens (tertiary/aromatic N) is 1. The highest BCUT2D eigenvalue weighted by Crippen LogP contribution is 2.17. The molecule has 0 aliphatic heterocycles. The summed E-state index contributed by atoms with van der Waals surface area (Å²) in [6.07, 6.45) is 3.56. The summed E-state index contributed by atoms with van der Waals surface area (Å²) in [5.41, 5.74) is 0. The van der Waals surface area contributed by atoms with Gasteiger partial charge in [-0.05, 0) is 31.7 Å². The lowest BCUT2D eigenvalue weighted by Crippen LogP contribution is -2.17. The van der Waals surface area contributed by atoms with E-state index in [-0.39, 0.29) is 11.9 Å². The monoisotopic (exact) mass is 244 g/mol. The lowest BCUT2D eigenvalue weighted by atomic mass is 10.0. The first kappa shape index (κ1) is 13.2. The summed E-state index contributed by atoms with van der Waals surface area (Å²) in [5, 5.41) is 3.37. The van der Waals surface area contributed by atoms with Crippen LogP contribution in [0.4, 0.5) is 10.2 Å². The van der Waals surface area contributed by atoms with Crippen molar-refractivity contribution in [1.29, 1.82) is 0 Å². The number of hydrogen-bond acceptors (Lipinski definition) is 2. The summed E-state index contributed by atoms with van der Waals surface area (Å²) in [6.45, 7) is 6.37. The van der Waals surface area contributed by atoms with Crippen molar-refractivity contribution in [2.45, 2.75) is 39.7 Å². The van der Waals surface area contributed by atoms with Gasteiger partial charge < -0.3 is 5.32 Å². The van der Waals surface area contributed by atoms with Crippen LogP contribution in [0.3, 0.4) is 0 Å². The van der Waals surface area contributed by atoms with Gasteiger partial charge in [-0.2, -0.15) is 0 Å². The van der Waals surface area contributed by atoms with E-state index < -0.39 is 5.82 Å². The van der Waals surface area contributed by atoms with Crippen molar-refractivity contribution in [2.75, 3.05) is 5.32 Å². The molecule has 1 aromatic rings. The Morgan fingerprint density at radius 2 is 2.06 bits per heavy atom. The second-order valence-electron chi connectivity index (χ2n) is 4.50. The van der Waals surface area contributed by atoms with Gasteiger partial charge in [0.05, 0.1) is 5.02 Å². The fraction of sp³-hybridized carbons (Fsp3) is 0.583. The molecule has 0 aromatic carbocycles. The first-order valence-electron chi connectivity index (χ1n) is 5.56. The molecule has 1 aromatic heterocycles. The standard InChI is InChI=1S/C12H18ClFN2/c1-8(2)4-5-9(3)16-12-11(14)6-10(13)7-15-12/h6-9H,4-5H2,1-3H3,(H,15,16). The molecule has 16 heavy (non-hydrogen) atoms. The van der Waals surface area contributed by atoms with Crippen LogP contribution in [0.5, 0.6) is 0 Å². The molecule has 1 atom stereocenters. The summed E-state index contributed by atoms with van der Waals surface area (Å²) in [5.74, 6) is 0.539. The van der Waals surface area contributed by atoms with Gasteiger partial charge in [0.25, 0.3) is 0 Å². The van der Waals surface area contributed by atoms with E-state index in [9.17, 15) is 4.39 Å². The molecule has 1 rings (SSSR count). The minimum atomic E-state index is -0.399. The Balaban J connectivity index is 2.52. The fourth-order valence-electron chi connectivity index (χ4n) is 1.41. The van der Waals surface area contributed by atoms with Crippen molar-refractivity contribution in [1.82, 2.24) is 4.98 Å². The van der Waals surface area contributed by atoms with Crippen molar-refractivity contribution < 1.29 is 4.39 Å². The number of anilines is 1. The minimum absolute atomic E-state index is 0.213. The molecule has 0 saturated carbocycles. The average molecular weight is 245 g/mol. The predicted octanol–water partition coefficient (Wildman–Crippen LogP) is 4.11. The van der Waals surface area contributed by atoms with Crippen molar-refractivity contribution in [3.8, 4) is 0 Å². The second-order valence-corrected chi connectivity index (χ2v) is 4.94. The Kier molecular flexibility index (Phi) is 5.00. The van der Waals surface area contributed by atoms with Crippen LogP contribution in [0.1, 0.15) is 33.6 Å². The highest BCUT2D eigenvalue weighted by molar-refractivity contribution is 6.30. The van der Waals surface area contributed by atoms with Crippen molar-refractivity contribution in [3.63, 3.8) is 0 Å². The summed E-state index contributed by atoms with van der Waals surface area (Å²) in [7, 11) is 0. The molecule has 1 N–H and O–H groups in total. The third kappa shape index (κ3) is 4.35. The van der Waals surface area contributed by atoms with E-state index in [0.29, 0.717) is 10.9 Å². The molecule has 1 heterocycles. The second kappa shape index (κ2) is 6.04. The first-order valence-corrected chi connectivity index (χ1v) is 5.94. The SMILES string of the molecule is CC(C)CCC(C)Nc1ncc(Cl)cc1F. The molecule has 0 aliphatic rings. The number of nitrogens with one attached hydrogen (secondary N) is 1. The summed E-state index contributed by atoms with van der Waals surface area (Å²) in [4.78, 5) is 3.93. The molecule has 2 nitrogen and oxygen atoms in total. The molecule has 1 unspecified atom stereocenters. The van der Waals surface area contributed by atoms with Crippen molar-refractivity contribution in [3.05, 3.63) is 23.1 Å². The highest BCUT2D eigenvalue weighted by atomic mass is 35.5. The molecule has 0 radical (unpaired) electrons.